The van der Waals surface area contributed by atoms with Crippen LogP contribution in [0.25, 0.3) is 0 Å². The standard InChI is InChI=1S/C16H22FN5/c1-3-18-16(19-9-8-13-10-21-22(2)12-13)20-11-14-6-4-5-7-15(14)17/h4-7,10,12H,3,8-9,11H2,1-2H3,(H2,18,19,20). The highest BCUT2D eigenvalue weighted by Crippen LogP contribution is 2.07. The number of guanidine groups is 1. The maximum atomic E-state index is 13.6. The quantitative estimate of drug-likeness (QED) is 0.632. The zero-order valence-electron chi connectivity index (χ0n) is 13.0. The summed E-state index contributed by atoms with van der Waals surface area (Å²) in [7, 11) is 1.90. The van der Waals surface area contributed by atoms with E-state index in [0.29, 0.717) is 18.1 Å². The molecule has 6 heteroatoms. The second kappa shape index (κ2) is 8.17. The summed E-state index contributed by atoms with van der Waals surface area (Å²) in [6, 6.07) is 6.70. The molecule has 1 aromatic carbocycles. The van der Waals surface area contributed by atoms with Crippen molar-refractivity contribution >= 4 is 5.96 Å². The van der Waals surface area contributed by atoms with Gasteiger partial charge in [0.2, 0.25) is 0 Å². The van der Waals surface area contributed by atoms with Crippen molar-refractivity contribution in [3.05, 3.63) is 53.6 Å². The summed E-state index contributed by atoms with van der Waals surface area (Å²) in [5.41, 5.74) is 1.76. The molecule has 0 saturated carbocycles. The molecule has 0 unspecified atom stereocenters. The Hall–Kier alpha value is -2.37. The first-order chi connectivity index (χ1) is 10.7. The molecule has 118 valence electrons. The Bertz CT molecular complexity index is 621. The highest BCUT2D eigenvalue weighted by atomic mass is 19.1. The molecule has 0 fully saturated rings. The largest absolute Gasteiger partial charge is 0.357 e. The Balaban J connectivity index is 1.88. The predicted octanol–water partition coefficient (Wildman–Crippen LogP) is 1.86. The van der Waals surface area contributed by atoms with Crippen LogP contribution in [0.2, 0.25) is 0 Å². The molecule has 0 bridgehead atoms. The van der Waals surface area contributed by atoms with Gasteiger partial charge in [-0.25, -0.2) is 9.38 Å². The third-order valence-corrected chi connectivity index (χ3v) is 3.17. The second-order valence-corrected chi connectivity index (χ2v) is 4.99. The van der Waals surface area contributed by atoms with Crippen molar-refractivity contribution in [2.24, 2.45) is 12.0 Å². The van der Waals surface area contributed by atoms with Gasteiger partial charge in [0.1, 0.15) is 5.82 Å². The normalized spacial score (nSPS) is 11.5. The van der Waals surface area contributed by atoms with Crippen LogP contribution in [0.15, 0.2) is 41.7 Å². The first-order valence-electron chi connectivity index (χ1n) is 7.42. The van der Waals surface area contributed by atoms with E-state index in [4.69, 9.17) is 0 Å². The number of aliphatic imine (C=N–C) groups is 1. The molecule has 0 amide bonds. The molecule has 0 spiro atoms. The van der Waals surface area contributed by atoms with E-state index >= 15 is 0 Å². The van der Waals surface area contributed by atoms with Crippen molar-refractivity contribution in [2.45, 2.75) is 19.9 Å². The lowest BCUT2D eigenvalue weighted by atomic mass is 10.2. The van der Waals surface area contributed by atoms with Crippen LogP contribution in [-0.2, 0) is 20.0 Å². The van der Waals surface area contributed by atoms with Crippen LogP contribution < -0.4 is 10.6 Å². The van der Waals surface area contributed by atoms with Crippen LogP contribution in [0, 0.1) is 5.82 Å². The number of benzene rings is 1. The van der Waals surface area contributed by atoms with Crippen LogP contribution in [0.4, 0.5) is 4.39 Å². The Morgan fingerprint density at radius 2 is 2.14 bits per heavy atom. The average Bonchev–Trinajstić information content (AvgIpc) is 2.92. The minimum atomic E-state index is -0.225. The third-order valence-electron chi connectivity index (χ3n) is 3.17. The number of nitrogens with zero attached hydrogens (tertiary/aromatic N) is 3. The molecule has 1 aromatic heterocycles. The van der Waals surface area contributed by atoms with E-state index < -0.39 is 0 Å². The number of rotatable bonds is 6. The summed E-state index contributed by atoms with van der Waals surface area (Å²) < 4.78 is 15.4. The summed E-state index contributed by atoms with van der Waals surface area (Å²) >= 11 is 0. The van der Waals surface area contributed by atoms with Crippen LogP contribution in [0.5, 0.6) is 0 Å². The molecule has 0 aliphatic heterocycles. The molecule has 0 aliphatic rings. The Labute approximate surface area is 130 Å². The highest BCUT2D eigenvalue weighted by Gasteiger charge is 2.02. The SMILES string of the molecule is CCNC(=NCc1ccccc1F)NCCc1cnn(C)c1. The molecule has 0 saturated heterocycles. The van der Waals surface area contributed by atoms with E-state index in [1.165, 1.54) is 11.6 Å². The topological polar surface area (TPSA) is 54.2 Å². The van der Waals surface area contributed by atoms with Gasteiger partial charge >= 0.3 is 0 Å². The van der Waals surface area contributed by atoms with Gasteiger partial charge in [-0.1, -0.05) is 18.2 Å². The lowest BCUT2D eigenvalue weighted by Gasteiger charge is -2.11. The molecule has 5 nitrogen and oxygen atoms in total. The van der Waals surface area contributed by atoms with E-state index in [-0.39, 0.29) is 5.82 Å². The summed E-state index contributed by atoms with van der Waals surface area (Å²) in [6.45, 7) is 3.82. The second-order valence-electron chi connectivity index (χ2n) is 4.99. The summed E-state index contributed by atoms with van der Waals surface area (Å²) in [5, 5.41) is 10.5. The van der Waals surface area contributed by atoms with Crippen molar-refractivity contribution in [1.29, 1.82) is 0 Å². The number of halogens is 1. The van der Waals surface area contributed by atoms with Crippen LogP contribution in [0.1, 0.15) is 18.1 Å². The fourth-order valence-electron chi connectivity index (χ4n) is 2.06. The van der Waals surface area contributed by atoms with Gasteiger partial charge in [-0.3, -0.25) is 4.68 Å². The minimum Gasteiger partial charge on any atom is -0.357 e. The lowest BCUT2D eigenvalue weighted by Crippen LogP contribution is -2.38. The van der Waals surface area contributed by atoms with E-state index in [1.807, 2.05) is 32.4 Å². The molecule has 2 aromatic rings. The molecule has 0 atom stereocenters. The summed E-state index contributed by atoms with van der Waals surface area (Å²) in [6.07, 6.45) is 4.70. The van der Waals surface area contributed by atoms with Crippen LogP contribution >= 0.6 is 0 Å². The van der Waals surface area contributed by atoms with Gasteiger partial charge in [-0.2, -0.15) is 5.10 Å². The molecule has 0 radical (unpaired) electrons. The van der Waals surface area contributed by atoms with Gasteiger partial charge in [0.15, 0.2) is 5.96 Å². The Morgan fingerprint density at radius 3 is 2.82 bits per heavy atom. The van der Waals surface area contributed by atoms with Crippen molar-refractivity contribution in [2.75, 3.05) is 13.1 Å². The Morgan fingerprint density at radius 1 is 1.32 bits per heavy atom. The minimum absolute atomic E-state index is 0.225. The van der Waals surface area contributed by atoms with Crippen molar-refractivity contribution in [3.63, 3.8) is 0 Å². The molecule has 2 N–H and O–H groups in total. The fraction of sp³-hybridized carbons (Fsp3) is 0.375. The molecule has 0 aliphatic carbocycles. The van der Waals surface area contributed by atoms with Crippen LogP contribution in [0.3, 0.4) is 0 Å². The van der Waals surface area contributed by atoms with Crippen LogP contribution in [-0.4, -0.2) is 28.8 Å². The smallest absolute Gasteiger partial charge is 0.191 e. The van der Waals surface area contributed by atoms with E-state index in [1.54, 1.807) is 16.8 Å². The number of nitrogens with one attached hydrogen (secondary N) is 2. The van der Waals surface area contributed by atoms with Gasteiger partial charge in [0, 0.05) is 31.9 Å². The first kappa shape index (κ1) is 16.0. The van der Waals surface area contributed by atoms with Crippen molar-refractivity contribution in [3.8, 4) is 0 Å². The van der Waals surface area contributed by atoms with E-state index in [9.17, 15) is 4.39 Å². The zero-order chi connectivity index (χ0) is 15.8. The zero-order valence-corrected chi connectivity index (χ0v) is 13.0. The number of aryl methyl sites for hydroxylation is 1. The van der Waals surface area contributed by atoms with Gasteiger partial charge in [-0.05, 0) is 25.0 Å². The molecule has 1 heterocycles. The predicted molar refractivity (Wildman–Crippen MR) is 86.1 cm³/mol. The maximum Gasteiger partial charge on any atom is 0.191 e. The number of hydrogen-bond donors (Lipinski definition) is 2. The van der Waals surface area contributed by atoms with Gasteiger partial charge < -0.3 is 10.6 Å². The average molecular weight is 303 g/mol. The molecule has 22 heavy (non-hydrogen) atoms. The fourth-order valence-corrected chi connectivity index (χ4v) is 2.06. The first-order valence-corrected chi connectivity index (χ1v) is 7.42. The monoisotopic (exact) mass is 303 g/mol. The molecular weight excluding hydrogens is 281 g/mol. The third kappa shape index (κ3) is 4.87. The lowest BCUT2D eigenvalue weighted by molar-refractivity contribution is 0.610. The molecule has 2 rings (SSSR count). The Kier molecular flexibility index (Phi) is 5.94. The van der Waals surface area contributed by atoms with Gasteiger partial charge in [0.25, 0.3) is 0 Å². The van der Waals surface area contributed by atoms with E-state index in [0.717, 1.165) is 19.5 Å². The van der Waals surface area contributed by atoms with Gasteiger partial charge in [-0.15, -0.1) is 0 Å². The van der Waals surface area contributed by atoms with Crippen molar-refractivity contribution in [1.82, 2.24) is 20.4 Å². The summed E-state index contributed by atoms with van der Waals surface area (Å²) in [5.74, 6) is 0.465. The summed E-state index contributed by atoms with van der Waals surface area (Å²) in [4.78, 5) is 4.41. The number of hydrogen-bond acceptors (Lipinski definition) is 2. The maximum absolute atomic E-state index is 13.6. The number of aromatic nitrogens is 2. The highest BCUT2D eigenvalue weighted by molar-refractivity contribution is 5.79. The molecular formula is C16H22FN5. The van der Waals surface area contributed by atoms with E-state index in [2.05, 4.69) is 20.7 Å². The van der Waals surface area contributed by atoms with Gasteiger partial charge in [0.05, 0.1) is 12.7 Å². The van der Waals surface area contributed by atoms with Crippen molar-refractivity contribution < 1.29 is 4.39 Å².